The molecule has 0 fully saturated rings. The lowest BCUT2D eigenvalue weighted by Crippen LogP contribution is -2.14. The Morgan fingerprint density at radius 1 is 0.696 bits per heavy atom. The van der Waals surface area contributed by atoms with E-state index >= 15 is 0 Å². The number of rotatable bonds is 15. The van der Waals surface area contributed by atoms with Crippen LogP contribution in [0.4, 0.5) is 0 Å². The predicted octanol–water partition coefficient (Wildman–Crippen LogP) is 6.96. The molecule has 0 aliphatic carbocycles. The van der Waals surface area contributed by atoms with Crippen LogP contribution in [-0.2, 0) is 6.42 Å². The summed E-state index contributed by atoms with van der Waals surface area (Å²) < 4.78 is 1.60. The van der Waals surface area contributed by atoms with Crippen LogP contribution in [0.3, 0.4) is 0 Å². The molecule has 0 saturated heterocycles. The topological polar surface area (TPSA) is 0 Å². The van der Waals surface area contributed by atoms with Crippen LogP contribution in [0.2, 0.25) is 0 Å². The van der Waals surface area contributed by atoms with E-state index in [9.17, 15) is 0 Å². The maximum absolute atomic E-state index is 3.73. The normalized spacial score (nSPS) is 10.7. The fraction of sp³-hybridized carbons (Fsp3) is 0.714. The van der Waals surface area contributed by atoms with Crippen LogP contribution in [0.25, 0.3) is 0 Å². The summed E-state index contributed by atoms with van der Waals surface area (Å²) in [6.45, 7) is 2.29. The number of aryl methyl sites for hydroxylation is 1. The van der Waals surface area contributed by atoms with Gasteiger partial charge in [0, 0.05) is 0 Å². The van der Waals surface area contributed by atoms with Gasteiger partial charge in [-0.1, -0.05) is 114 Å². The van der Waals surface area contributed by atoms with Gasteiger partial charge in [-0.2, -0.15) is 0 Å². The fourth-order valence-corrected chi connectivity index (χ4v) is 5.60. The van der Waals surface area contributed by atoms with E-state index in [2.05, 4.69) is 44.1 Å². The first-order chi connectivity index (χ1) is 11.4. The predicted molar refractivity (Wildman–Crippen MR) is 110 cm³/mol. The van der Waals surface area contributed by atoms with Crippen molar-refractivity contribution in [1.82, 2.24) is 0 Å². The summed E-state index contributed by atoms with van der Waals surface area (Å²) >= 11 is 3.54. The molecule has 0 N–H and O–H groups in total. The van der Waals surface area contributed by atoms with Crippen molar-refractivity contribution >= 4 is 34.8 Å². The molecule has 0 aliphatic heterocycles. The van der Waals surface area contributed by atoms with E-state index in [1.807, 2.05) is 0 Å². The molecule has 0 radical (unpaired) electrons. The van der Waals surface area contributed by atoms with Crippen molar-refractivity contribution in [1.29, 1.82) is 0 Å². The van der Waals surface area contributed by atoms with Crippen LogP contribution in [0, 0.1) is 0 Å². The van der Waals surface area contributed by atoms with Crippen molar-refractivity contribution in [3.63, 3.8) is 0 Å². The molecule has 0 spiro atoms. The molecule has 0 nitrogen and oxygen atoms in total. The first-order valence-electron chi connectivity index (χ1n) is 10.0. The first-order valence-corrected chi connectivity index (χ1v) is 14.6. The van der Waals surface area contributed by atoms with Gasteiger partial charge in [0.25, 0.3) is 0 Å². The lowest BCUT2D eigenvalue weighted by atomic mass is 10.0. The van der Waals surface area contributed by atoms with Gasteiger partial charge in [0.2, 0.25) is 0 Å². The van der Waals surface area contributed by atoms with Crippen LogP contribution in [-0.4, -0.2) is 18.2 Å². The highest BCUT2D eigenvalue weighted by atomic mass is 79.9. The molecule has 0 atom stereocenters. The second kappa shape index (κ2) is 16.0. The first kappa shape index (κ1) is 21.5. The molecule has 1 aromatic rings. The summed E-state index contributed by atoms with van der Waals surface area (Å²) in [5, 5.41) is 0. The monoisotopic (exact) mass is 390 g/mol. The molecule has 128 valence electrons. The summed E-state index contributed by atoms with van der Waals surface area (Å²) in [7, 11) is 0. The van der Waals surface area contributed by atoms with Crippen molar-refractivity contribution in [2.75, 3.05) is 0 Å². The van der Waals surface area contributed by atoms with Crippen LogP contribution in [0.5, 0.6) is 0 Å². The third kappa shape index (κ3) is 11.6. The van der Waals surface area contributed by atoms with E-state index in [0.29, 0.717) is 0 Å². The zero-order chi connectivity index (χ0) is 16.6. The number of hydrogen-bond donors (Lipinski definition) is 0. The number of benzene rings is 1. The lowest BCUT2D eigenvalue weighted by Gasteiger charge is -2.07. The molecule has 0 saturated carbocycles. The zero-order valence-electron chi connectivity index (χ0n) is 15.3. The Hall–Kier alpha value is 0.466. The van der Waals surface area contributed by atoms with Crippen molar-refractivity contribution in [3.8, 4) is 0 Å². The summed E-state index contributed by atoms with van der Waals surface area (Å²) in [5.74, 6) is 0. The maximum atomic E-state index is 3.73. The van der Waals surface area contributed by atoms with Crippen molar-refractivity contribution in [3.05, 3.63) is 29.8 Å². The molecular formula is C21H35BrMg. The number of unbranched alkanes of at least 4 members (excludes halogenated alkanes) is 12. The molecule has 0 amide bonds. The Morgan fingerprint density at radius 3 is 1.70 bits per heavy atom. The smallest absolute Gasteiger partial charge is 0.296 e. The van der Waals surface area contributed by atoms with Gasteiger partial charge in [-0.25, -0.2) is 0 Å². The quantitative estimate of drug-likeness (QED) is 0.224. The number of hydrogen-bond acceptors (Lipinski definition) is 0. The van der Waals surface area contributed by atoms with E-state index in [4.69, 9.17) is 0 Å². The minimum absolute atomic E-state index is 0.188. The largest absolute Gasteiger partial charge is 0.507 e. The SMILES string of the molecule is CCCCCCCCCCCCCCCc1cccc[c]1[Mg][Br]. The minimum atomic E-state index is -0.188. The van der Waals surface area contributed by atoms with Gasteiger partial charge in [-0.3, -0.25) is 12.9 Å². The lowest BCUT2D eigenvalue weighted by molar-refractivity contribution is 0.539. The van der Waals surface area contributed by atoms with Crippen molar-refractivity contribution in [2.45, 2.75) is 96.8 Å². The standard InChI is InChI=1S/C21H35.BrH.Mg/c1-2-3-4-5-6-7-8-9-10-11-12-13-15-18-21-19-16-14-17-20-21;;/h14,16-17,19H,2-13,15,18H2,1H3;1H;/q;;+1/p-1. The molecular weight excluding hydrogens is 356 g/mol. The van der Waals surface area contributed by atoms with Gasteiger partial charge in [0.05, 0.1) is 0 Å². The van der Waals surface area contributed by atoms with Gasteiger partial charge in [0.15, 0.2) is 0 Å². The Bertz CT molecular complexity index is 378. The summed E-state index contributed by atoms with van der Waals surface area (Å²) in [5.41, 5.74) is 1.60. The molecule has 0 unspecified atom stereocenters. The highest BCUT2D eigenvalue weighted by Gasteiger charge is 2.02. The van der Waals surface area contributed by atoms with Gasteiger partial charge in [0.1, 0.15) is 0 Å². The second-order valence-corrected chi connectivity index (χ2v) is 9.61. The van der Waals surface area contributed by atoms with Crippen LogP contribution in [0.1, 0.15) is 96.0 Å². The summed E-state index contributed by atoms with van der Waals surface area (Å²) in [6, 6.07) is 9.00. The van der Waals surface area contributed by atoms with E-state index in [0.717, 1.165) is 0 Å². The van der Waals surface area contributed by atoms with Crippen molar-refractivity contribution < 1.29 is 0 Å². The average molecular weight is 392 g/mol. The third-order valence-electron chi connectivity index (χ3n) is 4.81. The summed E-state index contributed by atoms with van der Waals surface area (Å²) in [4.78, 5) is 0. The Kier molecular flexibility index (Phi) is 14.9. The third-order valence-corrected chi connectivity index (χ3v) is 7.60. The van der Waals surface area contributed by atoms with Crippen LogP contribution >= 0.6 is 12.9 Å². The molecule has 2 heteroatoms. The average Bonchev–Trinajstić information content (AvgIpc) is 2.59. The van der Waals surface area contributed by atoms with Crippen molar-refractivity contribution in [2.24, 2.45) is 0 Å². The summed E-state index contributed by atoms with van der Waals surface area (Å²) in [6.07, 6.45) is 20.0. The Balaban J connectivity index is 1.86. The Labute approximate surface area is 160 Å². The van der Waals surface area contributed by atoms with E-state index in [-0.39, 0.29) is 18.2 Å². The van der Waals surface area contributed by atoms with Gasteiger partial charge in [-0.05, 0) is 12.8 Å². The van der Waals surface area contributed by atoms with E-state index < -0.39 is 0 Å². The molecule has 0 aliphatic rings. The van der Waals surface area contributed by atoms with Gasteiger partial charge in [-0.15, -0.1) is 3.69 Å². The molecule has 1 rings (SSSR count). The molecule has 0 bridgehead atoms. The van der Waals surface area contributed by atoms with E-state index in [1.54, 1.807) is 9.26 Å². The maximum Gasteiger partial charge on any atom is 0.507 e. The molecule has 1 aromatic carbocycles. The number of halogens is 1. The Morgan fingerprint density at radius 2 is 1.17 bits per heavy atom. The minimum Gasteiger partial charge on any atom is -0.296 e. The fourth-order valence-electron chi connectivity index (χ4n) is 3.26. The van der Waals surface area contributed by atoms with Crippen LogP contribution < -0.4 is 3.69 Å². The molecule has 0 heterocycles. The highest BCUT2D eigenvalue weighted by Crippen LogP contribution is 2.13. The van der Waals surface area contributed by atoms with Crippen LogP contribution in [0.15, 0.2) is 24.3 Å². The van der Waals surface area contributed by atoms with Gasteiger partial charge >= 0.3 is 18.2 Å². The molecule has 23 heavy (non-hydrogen) atoms. The molecule has 0 aromatic heterocycles. The van der Waals surface area contributed by atoms with Gasteiger partial charge < -0.3 is 0 Å². The highest BCUT2D eigenvalue weighted by molar-refractivity contribution is 9.23. The zero-order valence-corrected chi connectivity index (χ0v) is 18.3. The van der Waals surface area contributed by atoms with E-state index in [1.165, 1.54) is 89.9 Å². The second-order valence-electron chi connectivity index (χ2n) is 6.89.